The van der Waals surface area contributed by atoms with Crippen molar-refractivity contribution in [2.75, 3.05) is 26.2 Å². The SMILES string of the molecule is CCCN(CCC)CCCOc1cc(C)cc(C)c1C. The van der Waals surface area contributed by atoms with E-state index in [4.69, 9.17) is 4.74 Å². The number of aryl methyl sites for hydroxylation is 2. The van der Waals surface area contributed by atoms with Crippen LogP contribution in [-0.4, -0.2) is 31.1 Å². The molecule has 1 rings (SSSR count). The summed E-state index contributed by atoms with van der Waals surface area (Å²) in [6.07, 6.45) is 3.57. The molecule has 0 saturated carbocycles. The minimum atomic E-state index is 0.813. The molecule has 0 aromatic heterocycles. The summed E-state index contributed by atoms with van der Waals surface area (Å²) in [5, 5.41) is 0. The van der Waals surface area contributed by atoms with Gasteiger partial charge in [0.25, 0.3) is 0 Å². The molecule has 20 heavy (non-hydrogen) atoms. The molecule has 114 valence electrons. The monoisotopic (exact) mass is 277 g/mol. The summed E-state index contributed by atoms with van der Waals surface area (Å²) in [7, 11) is 0. The van der Waals surface area contributed by atoms with Gasteiger partial charge in [-0.15, -0.1) is 0 Å². The molecule has 0 atom stereocenters. The molecule has 0 fully saturated rings. The van der Waals surface area contributed by atoms with Crippen LogP contribution in [0.25, 0.3) is 0 Å². The molecule has 0 bridgehead atoms. The predicted octanol–water partition coefficient (Wildman–Crippen LogP) is 4.50. The molecule has 1 aromatic rings. The Balaban J connectivity index is 2.40. The van der Waals surface area contributed by atoms with Crippen LogP contribution in [-0.2, 0) is 0 Å². The molecule has 0 radical (unpaired) electrons. The highest BCUT2D eigenvalue weighted by Gasteiger charge is 2.05. The van der Waals surface area contributed by atoms with Crippen molar-refractivity contribution in [2.24, 2.45) is 0 Å². The normalized spacial score (nSPS) is 11.1. The largest absolute Gasteiger partial charge is 0.493 e. The highest BCUT2D eigenvalue weighted by atomic mass is 16.5. The molecule has 2 heteroatoms. The van der Waals surface area contributed by atoms with Gasteiger partial charge in [-0.1, -0.05) is 19.9 Å². The fourth-order valence-electron chi connectivity index (χ4n) is 2.59. The Morgan fingerprint density at radius 3 is 2.20 bits per heavy atom. The van der Waals surface area contributed by atoms with Gasteiger partial charge in [0.2, 0.25) is 0 Å². The van der Waals surface area contributed by atoms with E-state index in [0.717, 1.165) is 25.3 Å². The minimum Gasteiger partial charge on any atom is -0.493 e. The Hall–Kier alpha value is -1.02. The predicted molar refractivity (Wildman–Crippen MR) is 87.8 cm³/mol. The van der Waals surface area contributed by atoms with E-state index < -0.39 is 0 Å². The Labute approximate surface area is 125 Å². The van der Waals surface area contributed by atoms with E-state index >= 15 is 0 Å². The topological polar surface area (TPSA) is 12.5 Å². The second-order valence-electron chi connectivity index (χ2n) is 5.75. The van der Waals surface area contributed by atoms with Gasteiger partial charge in [-0.3, -0.25) is 0 Å². The number of nitrogens with zero attached hydrogens (tertiary/aromatic N) is 1. The van der Waals surface area contributed by atoms with Crippen LogP contribution in [0.1, 0.15) is 49.8 Å². The van der Waals surface area contributed by atoms with Crippen LogP contribution in [0.5, 0.6) is 5.75 Å². The van der Waals surface area contributed by atoms with Gasteiger partial charge in [-0.05, 0) is 75.9 Å². The molecule has 1 aromatic carbocycles. The van der Waals surface area contributed by atoms with Crippen molar-refractivity contribution in [2.45, 2.75) is 53.9 Å². The third-order valence-corrected chi connectivity index (χ3v) is 3.72. The zero-order valence-electron chi connectivity index (χ0n) is 14.0. The number of benzene rings is 1. The summed E-state index contributed by atoms with van der Waals surface area (Å²) in [6, 6.07) is 4.37. The number of rotatable bonds is 9. The molecule has 0 aliphatic carbocycles. The second kappa shape index (κ2) is 9.02. The zero-order chi connectivity index (χ0) is 15.0. The van der Waals surface area contributed by atoms with E-state index in [0.29, 0.717) is 0 Å². The van der Waals surface area contributed by atoms with Gasteiger partial charge in [0.15, 0.2) is 0 Å². The Morgan fingerprint density at radius 2 is 1.60 bits per heavy atom. The summed E-state index contributed by atoms with van der Waals surface area (Å²) >= 11 is 0. The maximum atomic E-state index is 5.98. The average molecular weight is 277 g/mol. The fraction of sp³-hybridized carbons (Fsp3) is 0.667. The van der Waals surface area contributed by atoms with E-state index in [1.165, 1.54) is 42.6 Å². The van der Waals surface area contributed by atoms with Crippen LogP contribution >= 0.6 is 0 Å². The number of ether oxygens (including phenoxy) is 1. The molecule has 0 aliphatic heterocycles. The van der Waals surface area contributed by atoms with Gasteiger partial charge in [0.1, 0.15) is 5.75 Å². The molecule has 0 aliphatic rings. The highest BCUT2D eigenvalue weighted by Crippen LogP contribution is 2.23. The van der Waals surface area contributed by atoms with Crippen LogP contribution in [0, 0.1) is 20.8 Å². The number of hydrogen-bond acceptors (Lipinski definition) is 2. The van der Waals surface area contributed by atoms with E-state index in [1.54, 1.807) is 0 Å². The molecule has 0 amide bonds. The Kier molecular flexibility index (Phi) is 7.68. The zero-order valence-corrected chi connectivity index (χ0v) is 14.0. The van der Waals surface area contributed by atoms with Gasteiger partial charge in [-0.2, -0.15) is 0 Å². The molecule has 2 nitrogen and oxygen atoms in total. The second-order valence-corrected chi connectivity index (χ2v) is 5.75. The molecular weight excluding hydrogens is 246 g/mol. The summed E-state index contributed by atoms with van der Waals surface area (Å²) in [5.74, 6) is 1.06. The first-order chi connectivity index (χ1) is 9.58. The first-order valence-electron chi connectivity index (χ1n) is 8.01. The highest BCUT2D eigenvalue weighted by molar-refractivity contribution is 5.41. The van der Waals surface area contributed by atoms with E-state index in [2.05, 4.69) is 51.7 Å². The maximum Gasteiger partial charge on any atom is 0.122 e. The molecule has 0 saturated heterocycles. The van der Waals surface area contributed by atoms with E-state index in [9.17, 15) is 0 Å². The van der Waals surface area contributed by atoms with Crippen molar-refractivity contribution in [1.29, 1.82) is 0 Å². The van der Waals surface area contributed by atoms with Crippen molar-refractivity contribution in [1.82, 2.24) is 4.90 Å². The molecule has 0 N–H and O–H groups in total. The van der Waals surface area contributed by atoms with Crippen LogP contribution in [0.4, 0.5) is 0 Å². The van der Waals surface area contributed by atoms with Gasteiger partial charge in [-0.25, -0.2) is 0 Å². The molecule has 0 spiro atoms. The molecule has 0 unspecified atom stereocenters. The first-order valence-corrected chi connectivity index (χ1v) is 8.01. The standard InChI is InChI=1S/C18H31NO/c1-6-9-19(10-7-2)11-8-12-20-18-14-15(3)13-16(4)17(18)5/h13-14H,6-12H2,1-5H3. The summed E-state index contributed by atoms with van der Waals surface area (Å²) in [6.45, 7) is 15.3. The Bertz CT molecular complexity index is 395. The van der Waals surface area contributed by atoms with Crippen molar-refractivity contribution >= 4 is 0 Å². The number of hydrogen-bond donors (Lipinski definition) is 0. The quantitative estimate of drug-likeness (QED) is 0.616. The van der Waals surface area contributed by atoms with E-state index in [1.807, 2.05) is 0 Å². The summed E-state index contributed by atoms with van der Waals surface area (Å²) < 4.78 is 5.98. The van der Waals surface area contributed by atoms with Crippen LogP contribution in [0.15, 0.2) is 12.1 Å². The Morgan fingerprint density at radius 1 is 0.950 bits per heavy atom. The maximum absolute atomic E-state index is 5.98. The molecule has 0 heterocycles. The van der Waals surface area contributed by atoms with Gasteiger partial charge in [0.05, 0.1) is 6.61 Å². The summed E-state index contributed by atoms with van der Waals surface area (Å²) in [4.78, 5) is 2.54. The van der Waals surface area contributed by atoms with Gasteiger partial charge in [0, 0.05) is 6.54 Å². The average Bonchev–Trinajstić information content (AvgIpc) is 2.40. The third kappa shape index (κ3) is 5.54. The fourth-order valence-corrected chi connectivity index (χ4v) is 2.59. The van der Waals surface area contributed by atoms with Crippen molar-refractivity contribution in [3.63, 3.8) is 0 Å². The lowest BCUT2D eigenvalue weighted by atomic mass is 10.1. The van der Waals surface area contributed by atoms with Crippen LogP contribution in [0.2, 0.25) is 0 Å². The summed E-state index contributed by atoms with van der Waals surface area (Å²) in [5.41, 5.74) is 3.87. The molecular formula is C18H31NO. The third-order valence-electron chi connectivity index (χ3n) is 3.72. The van der Waals surface area contributed by atoms with Crippen molar-refractivity contribution in [3.8, 4) is 5.75 Å². The smallest absolute Gasteiger partial charge is 0.122 e. The van der Waals surface area contributed by atoms with Crippen molar-refractivity contribution < 1.29 is 4.74 Å². The van der Waals surface area contributed by atoms with Gasteiger partial charge < -0.3 is 9.64 Å². The lowest BCUT2D eigenvalue weighted by molar-refractivity contribution is 0.233. The van der Waals surface area contributed by atoms with E-state index in [-0.39, 0.29) is 0 Å². The van der Waals surface area contributed by atoms with Gasteiger partial charge >= 0.3 is 0 Å². The lowest BCUT2D eigenvalue weighted by Crippen LogP contribution is -2.27. The first kappa shape index (κ1) is 17.0. The lowest BCUT2D eigenvalue weighted by Gasteiger charge is -2.21. The van der Waals surface area contributed by atoms with Crippen LogP contribution in [0.3, 0.4) is 0 Å². The van der Waals surface area contributed by atoms with Crippen molar-refractivity contribution in [3.05, 3.63) is 28.8 Å². The van der Waals surface area contributed by atoms with Crippen LogP contribution < -0.4 is 4.74 Å². The minimum absolute atomic E-state index is 0.813.